The molecule has 0 unspecified atom stereocenters. The molecule has 0 amide bonds. The summed E-state index contributed by atoms with van der Waals surface area (Å²) in [7, 11) is 1.61. The fourth-order valence-corrected chi connectivity index (χ4v) is 0.790. The van der Waals surface area contributed by atoms with Crippen molar-refractivity contribution in [2.24, 2.45) is 0 Å². The molecule has 3 heteroatoms. The van der Waals surface area contributed by atoms with Crippen molar-refractivity contribution in [1.82, 2.24) is 0 Å². The van der Waals surface area contributed by atoms with Gasteiger partial charge in [-0.3, -0.25) is 0 Å². The molecule has 1 nitrogen and oxygen atoms in total. The number of nitrogens with one attached hydrogen (secondary N) is 1. The summed E-state index contributed by atoms with van der Waals surface area (Å²) in [6, 6.07) is 2.52. The smallest absolute Gasteiger partial charge is 0.131 e. The predicted octanol–water partition coefficient (Wildman–Crippen LogP) is 3.34. The molecule has 0 saturated carbocycles. The van der Waals surface area contributed by atoms with Crippen LogP contribution in [-0.4, -0.2) is 7.05 Å². The number of halogens is 2. The van der Waals surface area contributed by atoms with E-state index in [-0.39, 0.29) is 5.56 Å². The van der Waals surface area contributed by atoms with E-state index in [1.54, 1.807) is 7.05 Å². The first-order valence-corrected chi connectivity index (χ1v) is 4.28. The number of benzene rings is 1. The molecule has 0 heterocycles. The van der Waals surface area contributed by atoms with E-state index < -0.39 is 11.6 Å². The maximum Gasteiger partial charge on any atom is 0.131 e. The fraction of sp³-hybridized carbons (Fsp3) is 0.400. The molecular weight excluding hydrogens is 172 g/mol. The van der Waals surface area contributed by atoms with Gasteiger partial charge in [-0.25, -0.2) is 8.78 Å². The summed E-state index contributed by atoms with van der Waals surface area (Å²) in [4.78, 5) is 0. The van der Waals surface area contributed by atoms with Gasteiger partial charge in [-0.2, -0.15) is 0 Å². The van der Waals surface area contributed by atoms with Gasteiger partial charge < -0.3 is 5.32 Å². The highest BCUT2D eigenvalue weighted by atomic mass is 19.1. The van der Waals surface area contributed by atoms with Crippen LogP contribution < -0.4 is 5.32 Å². The highest BCUT2D eigenvalue weighted by Gasteiger charge is 2.04. The molecule has 0 spiro atoms. The standard InChI is InChI=1S/C8H9F2N.C2H6/c1-5-7(9)3-6(11-2)4-8(5)10;1-2/h3-4,11H,1-2H3;1-2H3. The van der Waals surface area contributed by atoms with Crippen molar-refractivity contribution in [1.29, 1.82) is 0 Å². The van der Waals surface area contributed by atoms with Crippen LogP contribution in [0.2, 0.25) is 0 Å². The Kier molecular flexibility index (Phi) is 5.04. The lowest BCUT2D eigenvalue weighted by Crippen LogP contribution is -1.94. The van der Waals surface area contributed by atoms with Gasteiger partial charge in [0.25, 0.3) is 0 Å². The molecule has 0 radical (unpaired) electrons. The molecule has 1 N–H and O–H groups in total. The van der Waals surface area contributed by atoms with Crippen LogP contribution >= 0.6 is 0 Å². The Balaban J connectivity index is 0.000000671. The topological polar surface area (TPSA) is 12.0 Å². The fourth-order valence-electron chi connectivity index (χ4n) is 0.790. The zero-order chi connectivity index (χ0) is 10.4. The Hall–Kier alpha value is -1.12. The number of hydrogen-bond donors (Lipinski definition) is 1. The zero-order valence-corrected chi connectivity index (χ0v) is 8.41. The van der Waals surface area contributed by atoms with Crippen molar-refractivity contribution in [3.05, 3.63) is 29.3 Å². The summed E-state index contributed by atoms with van der Waals surface area (Å²) in [6.45, 7) is 5.41. The van der Waals surface area contributed by atoms with Crippen molar-refractivity contribution in [2.45, 2.75) is 20.8 Å². The quantitative estimate of drug-likeness (QED) is 0.711. The van der Waals surface area contributed by atoms with Crippen molar-refractivity contribution >= 4 is 5.69 Å². The second-order valence-electron chi connectivity index (χ2n) is 2.31. The van der Waals surface area contributed by atoms with Crippen molar-refractivity contribution in [2.75, 3.05) is 12.4 Å². The van der Waals surface area contributed by atoms with E-state index in [1.807, 2.05) is 13.8 Å². The van der Waals surface area contributed by atoms with Gasteiger partial charge in [-0.05, 0) is 19.1 Å². The number of rotatable bonds is 1. The molecular formula is C10H15F2N. The van der Waals surface area contributed by atoms with Gasteiger partial charge >= 0.3 is 0 Å². The molecule has 1 rings (SSSR count). The largest absolute Gasteiger partial charge is 0.388 e. The molecule has 13 heavy (non-hydrogen) atoms. The van der Waals surface area contributed by atoms with Crippen LogP contribution in [0.25, 0.3) is 0 Å². The molecule has 0 aliphatic carbocycles. The first kappa shape index (κ1) is 11.9. The third-order valence-corrected chi connectivity index (χ3v) is 1.57. The summed E-state index contributed by atoms with van der Waals surface area (Å²) in [5.41, 5.74) is 0.509. The summed E-state index contributed by atoms with van der Waals surface area (Å²) in [6.07, 6.45) is 0. The van der Waals surface area contributed by atoms with Crippen LogP contribution in [0.1, 0.15) is 19.4 Å². The van der Waals surface area contributed by atoms with Crippen molar-refractivity contribution in [3.63, 3.8) is 0 Å². The van der Waals surface area contributed by atoms with Gasteiger partial charge in [0.05, 0.1) is 0 Å². The normalized spacial score (nSPS) is 8.77. The first-order valence-electron chi connectivity index (χ1n) is 4.28. The molecule has 0 atom stereocenters. The number of hydrogen-bond acceptors (Lipinski definition) is 1. The van der Waals surface area contributed by atoms with Crippen LogP contribution in [0.3, 0.4) is 0 Å². The van der Waals surface area contributed by atoms with Gasteiger partial charge in [0.1, 0.15) is 11.6 Å². The number of anilines is 1. The van der Waals surface area contributed by atoms with Crippen molar-refractivity contribution < 1.29 is 8.78 Å². The summed E-state index contributed by atoms with van der Waals surface area (Å²) >= 11 is 0. The maximum atomic E-state index is 12.7. The Labute approximate surface area is 77.8 Å². The zero-order valence-electron chi connectivity index (χ0n) is 8.41. The van der Waals surface area contributed by atoms with Gasteiger partial charge in [0.2, 0.25) is 0 Å². The molecule has 1 aromatic rings. The van der Waals surface area contributed by atoms with Gasteiger partial charge in [0, 0.05) is 18.3 Å². The van der Waals surface area contributed by atoms with Crippen LogP contribution in [0.4, 0.5) is 14.5 Å². The summed E-state index contributed by atoms with van der Waals surface area (Å²) in [5.74, 6) is -1.04. The Morgan fingerprint density at radius 3 is 1.77 bits per heavy atom. The van der Waals surface area contributed by atoms with E-state index in [4.69, 9.17) is 0 Å². The average Bonchev–Trinajstić information content (AvgIpc) is 2.16. The monoisotopic (exact) mass is 187 g/mol. The predicted molar refractivity (Wildman–Crippen MR) is 52.0 cm³/mol. The lowest BCUT2D eigenvalue weighted by Gasteiger charge is -2.02. The Morgan fingerprint density at radius 2 is 1.46 bits per heavy atom. The lowest BCUT2D eigenvalue weighted by molar-refractivity contribution is 0.569. The second-order valence-corrected chi connectivity index (χ2v) is 2.31. The third kappa shape index (κ3) is 3.01. The minimum Gasteiger partial charge on any atom is -0.388 e. The highest BCUT2D eigenvalue weighted by molar-refractivity contribution is 5.45. The molecule has 0 aromatic heterocycles. The summed E-state index contributed by atoms with van der Waals surface area (Å²) < 4.78 is 25.5. The molecule has 0 bridgehead atoms. The van der Waals surface area contributed by atoms with Gasteiger partial charge in [-0.15, -0.1) is 0 Å². The van der Waals surface area contributed by atoms with Crippen molar-refractivity contribution in [3.8, 4) is 0 Å². The minimum atomic E-state index is -0.519. The average molecular weight is 187 g/mol. The van der Waals surface area contributed by atoms with Crippen LogP contribution in [0, 0.1) is 18.6 Å². The van der Waals surface area contributed by atoms with E-state index in [1.165, 1.54) is 19.1 Å². The Bertz CT molecular complexity index is 249. The van der Waals surface area contributed by atoms with Crippen LogP contribution in [0.5, 0.6) is 0 Å². The molecule has 0 aliphatic heterocycles. The van der Waals surface area contributed by atoms with E-state index in [0.29, 0.717) is 5.69 Å². The van der Waals surface area contributed by atoms with Gasteiger partial charge in [0.15, 0.2) is 0 Å². The maximum absolute atomic E-state index is 12.7. The SMILES string of the molecule is CC.CNc1cc(F)c(C)c(F)c1. The third-order valence-electron chi connectivity index (χ3n) is 1.57. The van der Waals surface area contributed by atoms with E-state index in [9.17, 15) is 8.78 Å². The molecule has 1 aromatic carbocycles. The van der Waals surface area contributed by atoms with Gasteiger partial charge in [-0.1, -0.05) is 13.8 Å². The van der Waals surface area contributed by atoms with Crippen LogP contribution in [-0.2, 0) is 0 Å². The summed E-state index contributed by atoms with van der Waals surface area (Å²) in [5, 5.41) is 2.66. The molecule has 0 aliphatic rings. The molecule has 74 valence electrons. The first-order chi connectivity index (χ1) is 6.15. The van der Waals surface area contributed by atoms with E-state index in [2.05, 4.69) is 5.32 Å². The second kappa shape index (κ2) is 5.51. The van der Waals surface area contributed by atoms with E-state index >= 15 is 0 Å². The highest BCUT2D eigenvalue weighted by Crippen LogP contribution is 2.16. The van der Waals surface area contributed by atoms with E-state index in [0.717, 1.165) is 0 Å². The van der Waals surface area contributed by atoms with Crippen LogP contribution in [0.15, 0.2) is 12.1 Å². The lowest BCUT2D eigenvalue weighted by atomic mass is 10.2. The Morgan fingerprint density at radius 1 is 1.08 bits per heavy atom. The molecule has 0 saturated heterocycles. The molecule has 0 fully saturated rings. The minimum absolute atomic E-state index is 0.0593.